The molecule has 118 valence electrons. The second-order valence-corrected chi connectivity index (χ2v) is 5.48. The van der Waals surface area contributed by atoms with Crippen molar-refractivity contribution in [3.05, 3.63) is 65.2 Å². The monoisotopic (exact) mass is 311 g/mol. The predicted octanol–water partition coefficient (Wildman–Crippen LogP) is 2.87. The highest BCUT2D eigenvalue weighted by molar-refractivity contribution is 5.98. The van der Waals surface area contributed by atoms with Gasteiger partial charge in [-0.2, -0.15) is 0 Å². The van der Waals surface area contributed by atoms with Crippen LogP contribution in [0.3, 0.4) is 0 Å². The van der Waals surface area contributed by atoms with E-state index in [4.69, 9.17) is 4.74 Å². The number of amides is 1. The zero-order valence-corrected chi connectivity index (χ0v) is 12.7. The quantitative estimate of drug-likeness (QED) is 0.922. The van der Waals surface area contributed by atoms with Crippen molar-refractivity contribution in [3.63, 3.8) is 0 Å². The highest BCUT2D eigenvalue weighted by Crippen LogP contribution is 2.34. The number of carboxylic acids is 1. The van der Waals surface area contributed by atoms with Crippen molar-refractivity contribution in [1.29, 1.82) is 0 Å². The number of aliphatic carboxylic acids is 1. The van der Waals surface area contributed by atoms with Crippen LogP contribution >= 0.6 is 0 Å². The van der Waals surface area contributed by atoms with Crippen LogP contribution < -0.4 is 4.74 Å². The van der Waals surface area contributed by atoms with E-state index in [1.54, 1.807) is 36.3 Å². The molecule has 5 nitrogen and oxygen atoms in total. The van der Waals surface area contributed by atoms with Crippen LogP contribution in [0.5, 0.6) is 5.75 Å². The van der Waals surface area contributed by atoms with Gasteiger partial charge in [0.1, 0.15) is 5.75 Å². The molecule has 0 fully saturated rings. The van der Waals surface area contributed by atoms with E-state index >= 15 is 0 Å². The summed E-state index contributed by atoms with van der Waals surface area (Å²) in [6, 6.07) is 14.1. The van der Waals surface area contributed by atoms with Crippen molar-refractivity contribution in [3.8, 4) is 5.75 Å². The molecule has 1 aliphatic rings. The Labute approximate surface area is 134 Å². The first kappa shape index (κ1) is 15.1. The van der Waals surface area contributed by atoms with Gasteiger partial charge in [-0.05, 0) is 29.3 Å². The highest BCUT2D eigenvalue weighted by Gasteiger charge is 2.34. The SMILES string of the molecule is COc1cccc(C(CC(=O)O)N2Cc3ccccc3C2=O)c1. The smallest absolute Gasteiger partial charge is 0.305 e. The fraction of sp³-hybridized carbons (Fsp3) is 0.222. The maximum Gasteiger partial charge on any atom is 0.305 e. The van der Waals surface area contributed by atoms with Gasteiger partial charge in [0.25, 0.3) is 5.91 Å². The molecule has 1 amide bonds. The largest absolute Gasteiger partial charge is 0.497 e. The molecule has 0 bridgehead atoms. The number of carboxylic acid groups (broad SMARTS) is 1. The van der Waals surface area contributed by atoms with E-state index < -0.39 is 12.0 Å². The molecule has 0 aliphatic carbocycles. The summed E-state index contributed by atoms with van der Waals surface area (Å²) in [6.07, 6.45) is -0.146. The van der Waals surface area contributed by atoms with E-state index in [9.17, 15) is 14.7 Å². The normalized spacial score (nSPS) is 14.5. The molecule has 0 radical (unpaired) electrons. The van der Waals surface area contributed by atoms with Gasteiger partial charge in [0.2, 0.25) is 0 Å². The van der Waals surface area contributed by atoms with Gasteiger partial charge >= 0.3 is 5.97 Å². The minimum Gasteiger partial charge on any atom is -0.497 e. The maximum atomic E-state index is 12.6. The van der Waals surface area contributed by atoms with Crippen molar-refractivity contribution in [2.75, 3.05) is 7.11 Å². The van der Waals surface area contributed by atoms with Crippen LogP contribution in [0.4, 0.5) is 0 Å². The number of benzene rings is 2. The molecular weight excluding hydrogens is 294 g/mol. The first-order valence-electron chi connectivity index (χ1n) is 7.35. The fourth-order valence-electron chi connectivity index (χ4n) is 2.95. The van der Waals surface area contributed by atoms with Gasteiger partial charge in [-0.3, -0.25) is 9.59 Å². The van der Waals surface area contributed by atoms with Crippen LogP contribution in [0.1, 0.15) is 33.9 Å². The van der Waals surface area contributed by atoms with Crippen molar-refractivity contribution >= 4 is 11.9 Å². The standard InChI is InChI=1S/C18H17NO4/c1-23-14-7-4-6-12(9-14)16(10-17(20)21)19-11-13-5-2-3-8-15(13)18(19)22/h2-9,16H,10-11H2,1H3,(H,20,21). The van der Waals surface area contributed by atoms with Crippen molar-refractivity contribution in [2.45, 2.75) is 19.0 Å². The summed E-state index contributed by atoms with van der Waals surface area (Å²) < 4.78 is 5.21. The molecule has 1 N–H and O–H groups in total. The second kappa shape index (κ2) is 6.12. The van der Waals surface area contributed by atoms with Gasteiger partial charge in [-0.25, -0.2) is 0 Å². The summed E-state index contributed by atoms with van der Waals surface area (Å²) in [7, 11) is 1.56. The first-order chi connectivity index (χ1) is 11.1. The number of carbonyl (C=O) groups is 2. The van der Waals surface area contributed by atoms with E-state index in [1.165, 1.54) is 0 Å². The lowest BCUT2D eigenvalue weighted by atomic mass is 10.0. The fourth-order valence-corrected chi connectivity index (χ4v) is 2.95. The Balaban J connectivity index is 1.97. The van der Waals surface area contributed by atoms with E-state index in [0.717, 1.165) is 11.1 Å². The Bertz CT molecular complexity index is 756. The van der Waals surface area contributed by atoms with E-state index in [-0.39, 0.29) is 12.3 Å². The minimum atomic E-state index is -0.943. The van der Waals surface area contributed by atoms with Crippen LogP contribution in [0.25, 0.3) is 0 Å². The summed E-state index contributed by atoms with van der Waals surface area (Å²) in [6.45, 7) is 0.421. The van der Waals surface area contributed by atoms with Crippen LogP contribution in [0, 0.1) is 0 Å². The number of nitrogens with zero attached hydrogens (tertiary/aromatic N) is 1. The molecule has 5 heteroatoms. The number of ether oxygens (including phenoxy) is 1. The van der Waals surface area contributed by atoms with E-state index in [0.29, 0.717) is 17.9 Å². The third-order valence-corrected chi connectivity index (χ3v) is 4.07. The summed E-state index contributed by atoms with van der Waals surface area (Å²) in [5.74, 6) is -0.432. The molecule has 1 aliphatic heterocycles. The van der Waals surface area contributed by atoms with Gasteiger partial charge < -0.3 is 14.7 Å². The number of rotatable bonds is 5. The Hall–Kier alpha value is -2.82. The van der Waals surface area contributed by atoms with Crippen LogP contribution in [-0.2, 0) is 11.3 Å². The molecule has 0 aromatic heterocycles. The van der Waals surface area contributed by atoms with Crippen LogP contribution in [0.15, 0.2) is 48.5 Å². The number of fused-ring (bicyclic) bond motifs is 1. The number of carbonyl (C=O) groups excluding carboxylic acids is 1. The minimum absolute atomic E-state index is 0.130. The van der Waals surface area contributed by atoms with Crippen LogP contribution in [0.2, 0.25) is 0 Å². The summed E-state index contributed by atoms with van der Waals surface area (Å²) >= 11 is 0. The van der Waals surface area contributed by atoms with Crippen LogP contribution in [-0.4, -0.2) is 29.0 Å². The zero-order chi connectivity index (χ0) is 16.4. The lowest BCUT2D eigenvalue weighted by Gasteiger charge is -2.27. The van der Waals surface area contributed by atoms with Crippen molar-refractivity contribution in [2.24, 2.45) is 0 Å². The molecule has 3 rings (SSSR count). The molecule has 1 atom stereocenters. The topological polar surface area (TPSA) is 66.8 Å². The van der Waals surface area contributed by atoms with Gasteiger partial charge in [0, 0.05) is 12.1 Å². The third kappa shape index (κ3) is 2.90. The first-order valence-corrected chi connectivity index (χ1v) is 7.35. The average molecular weight is 311 g/mol. The molecule has 0 saturated carbocycles. The number of hydrogen-bond acceptors (Lipinski definition) is 3. The van der Waals surface area contributed by atoms with E-state index in [2.05, 4.69) is 0 Å². The van der Waals surface area contributed by atoms with Gasteiger partial charge in [0.15, 0.2) is 0 Å². The molecule has 2 aromatic carbocycles. The third-order valence-electron chi connectivity index (χ3n) is 4.07. The Kier molecular flexibility index (Phi) is 4.02. The molecule has 0 saturated heterocycles. The van der Waals surface area contributed by atoms with Crippen molar-refractivity contribution < 1.29 is 19.4 Å². The molecule has 0 spiro atoms. The molecule has 1 heterocycles. The molecule has 1 unspecified atom stereocenters. The van der Waals surface area contributed by atoms with E-state index in [1.807, 2.05) is 24.3 Å². The Morgan fingerprint density at radius 2 is 2.04 bits per heavy atom. The molecule has 23 heavy (non-hydrogen) atoms. The second-order valence-electron chi connectivity index (χ2n) is 5.48. The zero-order valence-electron chi connectivity index (χ0n) is 12.7. The molecule has 2 aromatic rings. The van der Waals surface area contributed by atoms with Crippen molar-refractivity contribution in [1.82, 2.24) is 4.90 Å². The number of hydrogen-bond donors (Lipinski definition) is 1. The number of methoxy groups -OCH3 is 1. The summed E-state index contributed by atoms with van der Waals surface area (Å²) in [5.41, 5.74) is 2.33. The summed E-state index contributed by atoms with van der Waals surface area (Å²) in [5, 5.41) is 9.27. The van der Waals surface area contributed by atoms with Gasteiger partial charge in [-0.1, -0.05) is 30.3 Å². The Morgan fingerprint density at radius 1 is 1.26 bits per heavy atom. The van der Waals surface area contributed by atoms with Gasteiger partial charge in [0.05, 0.1) is 19.6 Å². The predicted molar refractivity (Wildman–Crippen MR) is 84.3 cm³/mol. The maximum absolute atomic E-state index is 12.6. The van der Waals surface area contributed by atoms with Gasteiger partial charge in [-0.15, -0.1) is 0 Å². The summed E-state index contributed by atoms with van der Waals surface area (Å²) in [4.78, 5) is 25.6. The average Bonchev–Trinajstić information content (AvgIpc) is 2.90. The highest BCUT2D eigenvalue weighted by atomic mass is 16.5. The Morgan fingerprint density at radius 3 is 2.74 bits per heavy atom. The lowest BCUT2D eigenvalue weighted by molar-refractivity contribution is -0.138. The molecular formula is C18H17NO4. The lowest BCUT2D eigenvalue weighted by Crippen LogP contribution is -2.30.